The first-order valence-corrected chi connectivity index (χ1v) is 7.59. The van der Waals surface area contributed by atoms with Crippen LogP contribution in [0.1, 0.15) is 44.6 Å². The second-order valence-corrected chi connectivity index (χ2v) is 5.76. The highest BCUT2D eigenvalue weighted by atomic mass is 35.5. The molecule has 0 amide bonds. The number of rotatable bonds is 2. The predicted octanol–water partition coefficient (Wildman–Crippen LogP) is 5.46. The van der Waals surface area contributed by atoms with Crippen LogP contribution in [0.15, 0.2) is 36.4 Å². The summed E-state index contributed by atoms with van der Waals surface area (Å²) in [6.45, 7) is 2.30. The van der Waals surface area contributed by atoms with Crippen molar-refractivity contribution < 1.29 is 0 Å². The molecule has 100 valence electrons. The Kier molecular flexibility index (Phi) is 5.55. The molecule has 1 aliphatic carbocycles. The van der Waals surface area contributed by atoms with Gasteiger partial charge < -0.3 is 0 Å². The van der Waals surface area contributed by atoms with E-state index in [2.05, 4.69) is 24.8 Å². The molecule has 0 N–H and O–H groups in total. The van der Waals surface area contributed by atoms with Gasteiger partial charge in [-0.15, -0.1) is 0 Å². The second-order valence-electron chi connectivity index (χ2n) is 5.32. The molecule has 0 aromatic heterocycles. The number of hydrogen-bond acceptors (Lipinski definition) is 0. The number of allylic oxidation sites excluding steroid dienone is 2. The third-order valence-electron chi connectivity index (χ3n) is 3.98. The van der Waals surface area contributed by atoms with Crippen LogP contribution in [0.3, 0.4) is 0 Å². The van der Waals surface area contributed by atoms with E-state index in [1.165, 1.54) is 32.1 Å². The van der Waals surface area contributed by atoms with Gasteiger partial charge in [0.2, 0.25) is 0 Å². The lowest BCUT2D eigenvalue weighted by molar-refractivity contribution is 0.304. The summed E-state index contributed by atoms with van der Waals surface area (Å²) in [5.41, 5.74) is 1.02. The van der Waals surface area contributed by atoms with Crippen molar-refractivity contribution in [3.63, 3.8) is 0 Å². The fourth-order valence-corrected chi connectivity index (χ4v) is 2.76. The highest BCUT2D eigenvalue weighted by Gasteiger charge is 2.17. The lowest BCUT2D eigenvalue weighted by Crippen LogP contribution is -2.11. The molecule has 1 fully saturated rings. The first kappa shape index (κ1) is 14.2. The Labute approximate surface area is 121 Å². The molecule has 1 aromatic carbocycles. The highest BCUT2D eigenvalue weighted by Crippen LogP contribution is 2.31. The van der Waals surface area contributed by atoms with Crippen molar-refractivity contribution in [3.8, 4) is 11.8 Å². The van der Waals surface area contributed by atoms with E-state index in [9.17, 15) is 0 Å². The van der Waals surface area contributed by atoms with Crippen molar-refractivity contribution in [2.24, 2.45) is 11.8 Å². The minimum absolute atomic E-state index is 0.738. The molecule has 0 atom stereocenters. The number of hydrogen-bond donors (Lipinski definition) is 0. The second kappa shape index (κ2) is 7.41. The van der Waals surface area contributed by atoms with Gasteiger partial charge in [-0.3, -0.25) is 0 Å². The first-order chi connectivity index (χ1) is 9.28. The van der Waals surface area contributed by atoms with E-state index in [0.717, 1.165) is 22.4 Å². The Balaban J connectivity index is 1.82. The van der Waals surface area contributed by atoms with Crippen molar-refractivity contribution in [1.82, 2.24) is 0 Å². The third kappa shape index (κ3) is 4.77. The summed E-state index contributed by atoms with van der Waals surface area (Å²) in [7, 11) is 0. The maximum atomic E-state index is 5.84. The Morgan fingerprint density at radius 2 is 1.84 bits per heavy atom. The Morgan fingerprint density at radius 1 is 1.16 bits per heavy atom. The quantitative estimate of drug-likeness (QED) is 0.627. The molecule has 2 rings (SSSR count). The Bertz CT molecular complexity index is 465. The van der Waals surface area contributed by atoms with Gasteiger partial charge in [-0.2, -0.15) is 0 Å². The van der Waals surface area contributed by atoms with Crippen LogP contribution in [-0.4, -0.2) is 0 Å². The van der Waals surface area contributed by atoms with E-state index in [4.69, 9.17) is 11.6 Å². The molecule has 1 heteroatoms. The van der Waals surface area contributed by atoms with Crippen molar-refractivity contribution >= 4 is 11.6 Å². The largest absolute Gasteiger partial charge is 0.0843 e. The van der Waals surface area contributed by atoms with Crippen LogP contribution in [0, 0.1) is 23.7 Å². The highest BCUT2D eigenvalue weighted by molar-refractivity contribution is 6.30. The summed E-state index contributed by atoms with van der Waals surface area (Å²) >= 11 is 5.84. The fraction of sp³-hybridized carbons (Fsp3) is 0.444. The lowest BCUT2D eigenvalue weighted by atomic mass is 9.81. The average Bonchev–Trinajstić information content (AvgIpc) is 2.46. The van der Waals surface area contributed by atoms with Crippen molar-refractivity contribution in [3.05, 3.63) is 47.0 Å². The van der Waals surface area contributed by atoms with Crippen LogP contribution < -0.4 is 0 Å². The van der Waals surface area contributed by atoms with Crippen LogP contribution in [0.25, 0.3) is 0 Å². The van der Waals surface area contributed by atoms with Gasteiger partial charge in [-0.25, -0.2) is 0 Å². The van der Waals surface area contributed by atoms with Gasteiger partial charge in [-0.1, -0.05) is 42.9 Å². The molecule has 0 heterocycles. The molecule has 19 heavy (non-hydrogen) atoms. The van der Waals surface area contributed by atoms with Crippen LogP contribution in [0.2, 0.25) is 5.02 Å². The molecule has 0 aliphatic heterocycles. The monoisotopic (exact) mass is 272 g/mol. The summed E-state index contributed by atoms with van der Waals surface area (Å²) < 4.78 is 0. The molecule has 0 saturated heterocycles. The summed E-state index contributed by atoms with van der Waals surface area (Å²) in [4.78, 5) is 0. The SMILES string of the molecule is CCC1CCC(/C=C/C#Cc2ccc(Cl)cc2)CC1. The van der Waals surface area contributed by atoms with Gasteiger partial charge in [0, 0.05) is 10.6 Å². The fourth-order valence-electron chi connectivity index (χ4n) is 2.63. The van der Waals surface area contributed by atoms with Gasteiger partial charge >= 0.3 is 0 Å². The number of benzene rings is 1. The predicted molar refractivity (Wildman–Crippen MR) is 83.2 cm³/mol. The summed E-state index contributed by atoms with van der Waals surface area (Å²) in [6.07, 6.45) is 11.1. The molecular formula is C18H21Cl. The standard InChI is InChI=1S/C18H21Cl/c1-2-15-7-9-16(10-8-15)5-3-4-6-17-11-13-18(19)14-12-17/h3,5,11-16H,2,7-10H2,1H3/b5-3+. The molecule has 0 bridgehead atoms. The van der Waals surface area contributed by atoms with Crippen LogP contribution >= 0.6 is 11.6 Å². The van der Waals surface area contributed by atoms with Crippen LogP contribution in [-0.2, 0) is 0 Å². The van der Waals surface area contributed by atoms with Crippen LogP contribution in [0.5, 0.6) is 0 Å². The normalized spacial score (nSPS) is 23.1. The van der Waals surface area contributed by atoms with E-state index < -0.39 is 0 Å². The summed E-state index contributed by atoms with van der Waals surface area (Å²) in [5, 5.41) is 0.758. The van der Waals surface area contributed by atoms with Gasteiger partial charge in [0.05, 0.1) is 0 Å². The number of halogens is 1. The zero-order chi connectivity index (χ0) is 13.5. The molecule has 1 aliphatic rings. The minimum atomic E-state index is 0.738. The van der Waals surface area contributed by atoms with Gasteiger partial charge in [0.1, 0.15) is 0 Å². The Morgan fingerprint density at radius 3 is 2.47 bits per heavy atom. The van der Waals surface area contributed by atoms with E-state index in [-0.39, 0.29) is 0 Å². The van der Waals surface area contributed by atoms with Crippen molar-refractivity contribution in [2.75, 3.05) is 0 Å². The first-order valence-electron chi connectivity index (χ1n) is 7.21. The minimum Gasteiger partial charge on any atom is -0.0843 e. The Hall–Kier alpha value is -1.19. The molecular weight excluding hydrogens is 252 g/mol. The van der Waals surface area contributed by atoms with Gasteiger partial charge in [0.15, 0.2) is 0 Å². The third-order valence-corrected chi connectivity index (χ3v) is 4.23. The summed E-state index contributed by atoms with van der Waals surface area (Å²) in [5.74, 6) is 7.96. The molecule has 1 saturated carbocycles. The summed E-state index contributed by atoms with van der Waals surface area (Å²) in [6, 6.07) is 7.66. The average molecular weight is 273 g/mol. The molecule has 0 unspecified atom stereocenters. The lowest BCUT2D eigenvalue weighted by Gasteiger charge is -2.25. The van der Waals surface area contributed by atoms with Gasteiger partial charge in [0.25, 0.3) is 0 Å². The van der Waals surface area contributed by atoms with E-state index in [0.29, 0.717) is 0 Å². The maximum absolute atomic E-state index is 5.84. The van der Waals surface area contributed by atoms with E-state index in [1.807, 2.05) is 30.3 Å². The topological polar surface area (TPSA) is 0 Å². The molecule has 0 nitrogen and oxygen atoms in total. The zero-order valence-corrected chi connectivity index (χ0v) is 12.3. The van der Waals surface area contributed by atoms with Crippen molar-refractivity contribution in [2.45, 2.75) is 39.0 Å². The van der Waals surface area contributed by atoms with Crippen molar-refractivity contribution in [1.29, 1.82) is 0 Å². The maximum Gasteiger partial charge on any atom is 0.0406 e. The van der Waals surface area contributed by atoms with Crippen LogP contribution in [0.4, 0.5) is 0 Å². The molecule has 1 aromatic rings. The van der Waals surface area contributed by atoms with Gasteiger partial charge in [-0.05, 0) is 67.9 Å². The molecule has 0 spiro atoms. The van der Waals surface area contributed by atoms with E-state index in [1.54, 1.807) is 0 Å². The zero-order valence-electron chi connectivity index (χ0n) is 11.5. The van der Waals surface area contributed by atoms with E-state index >= 15 is 0 Å². The molecule has 0 radical (unpaired) electrons. The smallest absolute Gasteiger partial charge is 0.0406 e.